The molecule has 1 aliphatic carbocycles. The number of aromatic nitrogens is 2. The first-order valence-electron chi connectivity index (χ1n) is 11.4. The summed E-state index contributed by atoms with van der Waals surface area (Å²) in [5.41, 5.74) is 9.65. The van der Waals surface area contributed by atoms with Crippen LogP contribution in [0.2, 0.25) is 0 Å². The van der Waals surface area contributed by atoms with Crippen molar-refractivity contribution in [1.29, 1.82) is 0 Å². The van der Waals surface area contributed by atoms with E-state index in [1.165, 1.54) is 27.8 Å². The molecule has 5 rings (SSSR count). The highest BCUT2D eigenvalue weighted by Crippen LogP contribution is 2.47. The van der Waals surface area contributed by atoms with E-state index in [4.69, 9.17) is 0 Å². The van der Waals surface area contributed by atoms with Crippen molar-refractivity contribution in [3.05, 3.63) is 107 Å². The zero-order chi connectivity index (χ0) is 23.8. The van der Waals surface area contributed by atoms with Crippen LogP contribution in [0.3, 0.4) is 0 Å². The first kappa shape index (κ1) is 25.3. The Balaban J connectivity index is 0.000000185. The summed E-state index contributed by atoms with van der Waals surface area (Å²) in [6, 6.07) is 22.8. The van der Waals surface area contributed by atoms with E-state index >= 15 is 0 Å². The zero-order valence-electron chi connectivity index (χ0n) is 20.3. The molecular weight excluding hydrogens is 416 g/mol. The van der Waals surface area contributed by atoms with E-state index in [2.05, 4.69) is 74.1 Å². The van der Waals surface area contributed by atoms with Gasteiger partial charge in [0.25, 0.3) is 0 Å². The fourth-order valence-electron chi connectivity index (χ4n) is 4.59. The summed E-state index contributed by atoms with van der Waals surface area (Å²) in [5, 5.41) is 10.2. The molecule has 0 bridgehead atoms. The van der Waals surface area contributed by atoms with Gasteiger partial charge >= 0.3 is 0 Å². The molecular formula is C31H36N2O. The third-order valence-electron chi connectivity index (χ3n) is 6.34. The van der Waals surface area contributed by atoms with Gasteiger partial charge in [-0.05, 0) is 63.1 Å². The molecule has 0 spiro atoms. The second-order valence-electron chi connectivity index (χ2n) is 9.90. The molecule has 3 heteroatoms. The van der Waals surface area contributed by atoms with Gasteiger partial charge in [0.15, 0.2) is 0 Å². The van der Waals surface area contributed by atoms with Gasteiger partial charge in [-0.25, -0.2) is 0 Å². The van der Waals surface area contributed by atoms with Gasteiger partial charge in [-0.1, -0.05) is 74.9 Å². The van der Waals surface area contributed by atoms with Crippen LogP contribution < -0.4 is 0 Å². The van der Waals surface area contributed by atoms with Crippen molar-refractivity contribution in [2.75, 3.05) is 0 Å². The highest BCUT2D eigenvalue weighted by atomic mass is 16.3. The Hall–Kier alpha value is -3.30. The summed E-state index contributed by atoms with van der Waals surface area (Å²) in [4.78, 5) is 8.93. The Kier molecular flexibility index (Phi) is 7.09. The molecule has 0 aliphatic heterocycles. The second kappa shape index (κ2) is 9.52. The van der Waals surface area contributed by atoms with Crippen molar-refractivity contribution in [2.24, 2.45) is 0 Å². The highest BCUT2D eigenvalue weighted by Gasteiger charge is 2.35. The molecule has 2 aromatic heterocycles. The molecule has 3 nitrogen and oxygen atoms in total. The van der Waals surface area contributed by atoms with Crippen molar-refractivity contribution in [3.63, 3.8) is 0 Å². The van der Waals surface area contributed by atoms with Crippen molar-refractivity contribution >= 4 is 0 Å². The van der Waals surface area contributed by atoms with E-state index in [0.29, 0.717) is 0 Å². The Morgan fingerprint density at radius 1 is 0.735 bits per heavy atom. The Bertz CT molecular complexity index is 1300. The van der Waals surface area contributed by atoms with E-state index in [9.17, 15) is 5.11 Å². The molecule has 0 saturated carbocycles. The zero-order valence-corrected chi connectivity index (χ0v) is 20.3. The van der Waals surface area contributed by atoms with Gasteiger partial charge < -0.3 is 5.11 Å². The van der Waals surface area contributed by atoms with E-state index in [0.717, 1.165) is 22.5 Å². The lowest BCUT2D eigenvalue weighted by Gasteiger charge is -2.20. The number of fused-ring (bicyclic) bond motifs is 3. The fourth-order valence-corrected chi connectivity index (χ4v) is 4.59. The molecule has 0 fully saturated rings. The number of benzene rings is 2. The summed E-state index contributed by atoms with van der Waals surface area (Å²) in [5.74, 6) is 0. The molecule has 176 valence electrons. The Labute approximate surface area is 204 Å². The summed E-state index contributed by atoms with van der Waals surface area (Å²) in [6.07, 6.45) is 3.64. The molecule has 2 heterocycles. The third-order valence-corrected chi connectivity index (χ3v) is 6.34. The van der Waals surface area contributed by atoms with Gasteiger partial charge in [0.1, 0.15) is 0 Å². The molecule has 4 aromatic rings. The lowest BCUT2D eigenvalue weighted by Crippen LogP contribution is -2.17. The lowest BCUT2D eigenvalue weighted by molar-refractivity contribution is 0.0789. The van der Waals surface area contributed by atoms with Gasteiger partial charge in [0, 0.05) is 34.5 Å². The summed E-state index contributed by atoms with van der Waals surface area (Å²) < 4.78 is 0. The average molecular weight is 453 g/mol. The average Bonchev–Trinajstić information content (AvgIpc) is 3.00. The maximum absolute atomic E-state index is 10.2. The molecule has 0 radical (unpaired) electrons. The normalized spacial score (nSPS) is 13.1. The number of nitrogens with zero attached hydrogens (tertiary/aromatic N) is 2. The Morgan fingerprint density at radius 3 is 2.06 bits per heavy atom. The number of pyridine rings is 2. The molecule has 1 aliphatic rings. The fraction of sp³-hybridized carbons (Fsp3) is 0.290. The van der Waals surface area contributed by atoms with Crippen LogP contribution in [0.15, 0.2) is 79.1 Å². The smallest absolute Gasteiger partial charge is 0.0861 e. The maximum Gasteiger partial charge on any atom is 0.0861 e. The van der Waals surface area contributed by atoms with Gasteiger partial charge in [-0.3, -0.25) is 9.97 Å². The van der Waals surface area contributed by atoms with E-state index in [-0.39, 0.29) is 12.8 Å². The van der Waals surface area contributed by atoms with Crippen molar-refractivity contribution in [3.8, 4) is 22.5 Å². The first-order chi connectivity index (χ1) is 15.6. The van der Waals surface area contributed by atoms with Gasteiger partial charge in [-0.15, -0.1) is 0 Å². The molecule has 0 amide bonds. The number of aryl methyl sites for hydroxylation is 2. The number of aliphatic hydroxyl groups is 1. The van der Waals surface area contributed by atoms with E-state index < -0.39 is 5.60 Å². The van der Waals surface area contributed by atoms with Crippen LogP contribution in [0.5, 0.6) is 0 Å². The van der Waals surface area contributed by atoms with Crippen LogP contribution in [-0.2, 0) is 11.0 Å². The van der Waals surface area contributed by atoms with E-state index in [1.807, 2.05) is 36.5 Å². The molecule has 1 N–H and O–H groups in total. The molecule has 0 unspecified atom stereocenters. The monoisotopic (exact) mass is 452 g/mol. The molecule has 34 heavy (non-hydrogen) atoms. The predicted octanol–water partition coefficient (Wildman–Crippen LogP) is 7.62. The third kappa shape index (κ3) is 4.80. The van der Waals surface area contributed by atoms with Crippen LogP contribution in [0.4, 0.5) is 0 Å². The van der Waals surface area contributed by atoms with Crippen LogP contribution >= 0.6 is 0 Å². The molecule has 0 saturated heterocycles. The standard InChI is InChI=1S/C15H17NO.C15H15N.CH4/c1-11-6-4-7-12(10-11)14-13(15(2,3)17)8-5-9-16-14;1-10-6-7-12-11(9-10)14-13(15(12,2)3)5-4-8-16-14;/h4-10,17H,1-3H3;4-9H,1-3H3;1H4. The van der Waals surface area contributed by atoms with Gasteiger partial charge in [0.05, 0.1) is 17.0 Å². The number of hydrogen-bond donors (Lipinski definition) is 1. The SMILES string of the molecule is C.Cc1ccc2c(c1)-c1ncccc1C2(C)C.Cc1cccc(-c2ncccc2C(C)(C)O)c1. The minimum atomic E-state index is -0.882. The minimum absolute atomic E-state index is 0. The van der Waals surface area contributed by atoms with Crippen LogP contribution in [0, 0.1) is 13.8 Å². The van der Waals surface area contributed by atoms with Crippen LogP contribution in [0.1, 0.15) is 62.9 Å². The van der Waals surface area contributed by atoms with Crippen molar-refractivity contribution in [2.45, 2.75) is 60.0 Å². The quantitative estimate of drug-likeness (QED) is 0.340. The lowest BCUT2D eigenvalue weighted by atomic mass is 9.83. The van der Waals surface area contributed by atoms with Crippen molar-refractivity contribution in [1.82, 2.24) is 9.97 Å². The minimum Gasteiger partial charge on any atom is -0.386 e. The van der Waals surface area contributed by atoms with Crippen molar-refractivity contribution < 1.29 is 5.11 Å². The summed E-state index contributed by atoms with van der Waals surface area (Å²) in [7, 11) is 0. The largest absolute Gasteiger partial charge is 0.386 e. The summed E-state index contributed by atoms with van der Waals surface area (Å²) >= 11 is 0. The maximum atomic E-state index is 10.2. The topological polar surface area (TPSA) is 46.0 Å². The van der Waals surface area contributed by atoms with Gasteiger partial charge in [-0.2, -0.15) is 0 Å². The Morgan fingerprint density at radius 2 is 1.38 bits per heavy atom. The number of rotatable bonds is 2. The first-order valence-corrected chi connectivity index (χ1v) is 11.4. The molecule has 0 atom stereocenters. The highest BCUT2D eigenvalue weighted by molar-refractivity contribution is 5.78. The van der Waals surface area contributed by atoms with Gasteiger partial charge in [0.2, 0.25) is 0 Å². The van der Waals surface area contributed by atoms with E-state index in [1.54, 1.807) is 20.0 Å². The van der Waals surface area contributed by atoms with Crippen LogP contribution in [0.25, 0.3) is 22.5 Å². The second-order valence-corrected chi connectivity index (χ2v) is 9.90. The predicted molar refractivity (Wildman–Crippen MR) is 143 cm³/mol. The van der Waals surface area contributed by atoms with Crippen LogP contribution in [-0.4, -0.2) is 15.1 Å². The molecule has 2 aromatic carbocycles. The number of hydrogen-bond acceptors (Lipinski definition) is 3. The summed E-state index contributed by atoms with van der Waals surface area (Å²) in [6.45, 7) is 12.3.